The first-order valence-corrected chi connectivity index (χ1v) is 9.41. The number of ether oxygens (including phenoxy) is 1. The van der Waals surface area contributed by atoms with Crippen LogP contribution in [0.4, 0.5) is 4.39 Å². The Kier molecular flexibility index (Phi) is 5.24. The van der Waals surface area contributed by atoms with Crippen LogP contribution in [0.25, 0.3) is 11.6 Å². The fourth-order valence-corrected chi connectivity index (χ4v) is 3.08. The molecule has 4 rings (SSSR count). The molecule has 1 aliphatic rings. The summed E-state index contributed by atoms with van der Waals surface area (Å²) in [6, 6.07) is 5.59. The predicted octanol–water partition coefficient (Wildman–Crippen LogP) is 2.44. The van der Waals surface area contributed by atoms with Crippen molar-refractivity contribution >= 4 is 5.91 Å². The van der Waals surface area contributed by atoms with Crippen LogP contribution < -0.4 is 4.74 Å². The van der Waals surface area contributed by atoms with E-state index < -0.39 is 0 Å². The highest BCUT2D eigenvalue weighted by molar-refractivity contribution is 5.78. The van der Waals surface area contributed by atoms with E-state index in [1.165, 1.54) is 24.3 Å². The number of halogens is 1. The van der Waals surface area contributed by atoms with Crippen molar-refractivity contribution in [3.63, 3.8) is 0 Å². The first-order valence-electron chi connectivity index (χ1n) is 9.41. The summed E-state index contributed by atoms with van der Waals surface area (Å²) in [4.78, 5) is 18.4. The maximum absolute atomic E-state index is 12.9. The Hall–Kier alpha value is -3.30. The van der Waals surface area contributed by atoms with E-state index in [0.717, 1.165) is 6.42 Å². The molecule has 1 aliphatic heterocycles. The lowest BCUT2D eigenvalue weighted by Gasteiger charge is -2.16. The maximum atomic E-state index is 12.9. The van der Waals surface area contributed by atoms with Gasteiger partial charge in [0.1, 0.15) is 11.6 Å². The molecule has 152 valence electrons. The van der Waals surface area contributed by atoms with E-state index in [9.17, 15) is 9.18 Å². The molecule has 29 heavy (non-hydrogen) atoms. The Balaban J connectivity index is 1.34. The number of aromatic nitrogens is 5. The van der Waals surface area contributed by atoms with Crippen LogP contribution in [0.5, 0.6) is 5.75 Å². The van der Waals surface area contributed by atoms with Crippen molar-refractivity contribution in [2.75, 3.05) is 19.7 Å². The van der Waals surface area contributed by atoms with Crippen molar-refractivity contribution in [1.82, 2.24) is 30.0 Å². The molecule has 3 heterocycles. The lowest BCUT2D eigenvalue weighted by molar-refractivity contribution is -0.132. The molecule has 0 spiro atoms. The van der Waals surface area contributed by atoms with Crippen LogP contribution in [0, 0.1) is 5.82 Å². The molecule has 1 amide bonds. The molecule has 0 bridgehead atoms. The van der Waals surface area contributed by atoms with Crippen molar-refractivity contribution in [3.05, 3.63) is 42.1 Å². The molecule has 3 aromatic rings. The van der Waals surface area contributed by atoms with Gasteiger partial charge in [-0.15, -0.1) is 5.10 Å². The van der Waals surface area contributed by atoms with Gasteiger partial charge in [0.25, 0.3) is 11.8 Å². The molecule has 0 radical (unpaired) electrons. The minimum atomic E-state index is -0.348. The number of benzene rings is 1. The van der Waals surface area contributed by atoms with Gasteiger partial charge in [-0.05, 0) is 30.7 Å². The molecule has 1 saturated heterocycles. The summed E-state index contributed by atoms with van der Waals surface area (Å²) < 4.78 is 25.3. The van der Waals surface area contributed by atoms with Gasteiger partial charge in [-0.1, -0.05) is 24.2 Å². The molecule has 1 aromatic carbocycles. The Morgan fingerprint density at radius 3 is 2.86 bits per heavy atom. The summed E-state index contributed by atoms with van der Waals surface area (Å²) in [5, 5.41) is 12.2. The summed E-state index contributed by atoms with van der Waals surface area (Å²) in [6.07, 6.45) is 2.51. The van der Waals surface area contributed by atoms with Gasteiger partial charge in [0.15, 0.2) is 18.1 Å². The van der Waals surface area contributed by atoms with Gasteiger partial charge in [-0.2, -0.15) is 4.98 Å². The Morgan fingerprint density at radius 1 is 1.34 bits per heavy atom. The van der Waals surface area contributed by atoms with E-state index in [2.05, 4.69) is 20.5 Å². The lowest BCUT2D eigenvalue weighted by atomic mass is 10.2. The molecule has 0 N–H and O–H groups in total. The van der Waals surface area contributed by atoms with E-state index in [1.807, 2.05) is 13.8 Å². The topological polar surface area (TPSA) is 99.2 Å². The van der Waals surface area contributed by atoms with Crippen LogP contribution >= 0.6 is 0 Å². The highest BCUT2D eigenvalue weighted by Crippen LogP contribution is 2.24. The monoisotopic (exact) mass is 400 g/mol. The van der Waals surface area contributed by atoms with Crippen LogP contribution in [0.1, 0.15) is 38.1 Å². The minimum absolute atomic E-state index is 0.0125. The van der Waals surface area contributed by atoms with Crippen molar-refractivity contribution < 1.29 is 18.4 Å². The molecule has 0 saturated carbocycles. The summed E-state index contributed by atoms with van der Waals surface area (Å²) in [7, 11) is 0. The number of rotatable bonds is 6. The SMILES string of the molecule is CC(C)c1noc(-c2cn([C@H]3CCN(C(=O)COc4ccc(F)cc4)C3)nn2)n1. The fraction of sp³-hybridized carbons (Fsp3) is 0.421. The molecule has 2 aromatic heterocycles. The van der Waals surface area contributed by atoms with Gasteiger partial charge < -0.3 is 14.2 Å². The van der Waals surface area contributed by atoms with Crippen molar-refractivity contribution in [3.8, 4) is 17.3 Å². The normalized spacial score (nSPS) is 16.6. The van der Waals surface area contributed by atoms with Crippen LogP contribution in [0.2, 0.25) is 0 Å². The molecular formula is C19H21FN6O3. The maximum Gasteiger partial charge on any atom is 0.280 e. The summed E-state index contributed by atoms with van der Waals surface area (Å²) in [5.41, 5.74) is 0.508. The van der Waals surface area contributed by atoms with Crippen LogP contribution in [0.3, 0.4) is 0 Å². The van der Waals surface area contributed by atoms with Gasteiger partial charge in [0, 0.05) is 19.0 Å². The predicted molar refractivity (Wildman–Crippen MR) is 99.5 cm³/mol. The molecule has 10 heteroatoms. The largest absolute Gasteiger partial charge is 0.484 e. The highest BCUT2D eigenvalue weighted by Gasteiger charge is 2.29. The number of nitrogens with zero attached hydrogens (tertiary/aromatic N) is 6. The summed E-state index contributed by atoms with van der Waals surface area (Å²) in [5.74, 6) is 1.09. The molecule has 0 unspecified atom stereocenters. The third-order valence-electron chi connectivity index (χ3n) is 4.75. The van der Waals surface area contributed by atoms with Gasteiger partial charge in [-0.3, -0.25) is 4.79 Å². The van der Waals surface area contributed by atoms with Crippen LogP contribution in [-0.2, 0) is 4.79 Å². The molecular weight excluding hydrogens is 379 g/mol. The van der Waals surface area contributed by atoms with Crippen molar-refractivity contribution in [2.45, 2.75) is 32.2 Å². The zero-order chi connectivity index (χ0) is 20.4. The van der Waals surface area contributed by atoms with Crippen LogP contribution in [0.15, 0.2) is 35.0 Å². The second-order valence-corrected chi connectivity index (χ2v) is 7.22. The number of hydrogen-bond donors (Lipinski definition) is 0. The number of hydrogen-bond acceptors (Lipinski definition) is 7. The lowest BCUT2D eigenvalue weighted by Crippen LogP contribution is -2.33. The summed E-state index contributed by atoms with van der Waals surface area (Å²) in [6.45, 7) is 4.98. The van der Waals surface area contributed by atoms with Gasteiger partial charge in [0.2, 0.25) is 0 Å². The second kappa shape index (κ2) is 7.98. The zero-order valence-corrected chi connectivity index (χ0v) is 16.2. The third kappa shape index (κ3) is 4.25. The molecule has 9 nitrogen and oxygen atoms in total. The van der Waals surface area contributed by atoms with E-state index in [0.29, 0.717) is 36.2 Å². The van der Waals surface area contributed by atoms with Crippen LogP contribution in [-0.4, -0.2) is 55.6 Å². The van der Waals surface area contributed by atoms with E-state index in [-0.39, 0.29) is 30.3 Å². The standard InChI is InChI=1S/C19H21FN6O3/c1-12(2)18-21-19(29-23-18)16-10-26(24-22-16)14-7-8-25(9-14)17(27)11-28-15-5-3-13(20)4-6-15/h3-6,10,12,14H,7-9,11H2,1-2H3/t14-/m0/s1. The van der Waals surface area contributed by atoms with Crippen molar-refractivity contribution in [2.24, 2.45) is 0 Å². The second-order valence-electron chi connectivity index (χ2n) is 7.22. The first kappa shape index (κ1) is 19.0. The summed E-state index contributed by atoms with van der Waals surface area (Å²) >= 11 is 0. The minimum Gasteiger partial charge on any atom is -0.484 e. The molecule has 1 atom stereocenters. The fourth-order valence-electron chi connectivity index (χ4n) is 3.08. The average molecular weight is 400 g/mol. The van der Waals surface area contributed by atoms with Gasteiger partial charge in [-0.25, -0.2) is 9.07 Å². The number of amides is 1. The molecule has 1 fully saturated rings. The number of likely N-dealkylation sites (tertiary alicyclic amines) is 1. The van der Waals surface area contributed by atoms with Crippen molar-refractivity contribution in [1.29, 1.82) is 0 Å². The van der Waals surface area contributed by atoms with Gasteiger partial charge in [0.05, 0.1) is 12.2 Å². The quantitative estimate of drug-likeness (QED) is 0.627. The van der Waals surface area contributed by atoms with E-state index >= 15 is 0 Å². The zero-order valence-electron chi connectivity index (χ0n) is 16.2. The number of carbonyl (C=O) groups excluding carboxylic acids is 1. The highest BCUT2D eigenvalue weighted by atomic mass is 19.1. The Morgan fingerprint density at radius 2 is 2.14 bits per heavy atom. The van der Waals surface area contributed by atoms with Gasteiger partial charge >= 0.3 is 0 Å². The number of carbonyl (C=O) groups is 1. The van der Waals surface area contributed by atoms with E-state index in [4.69, 9.17) is 9.26 Å². The van der Waals surface area contributed by atoms with E-state index in [1.54, 1.807) is 15.8 Å². The Labute approximate surface area is 166 Å². The molecule has 0 aliphatic carbocycles. The first-order chi connectivity index (χ1) is 14.0. The third-order valence-corrected chi connectivity index (χ3v) is 4.75. The average Bonchev–Trinajstić information content (AvgIpc) is 3.46. The smallest absolute Gasteiger partial charge is 0.280 e. The Bertz CT molecular complexity index is 984.